The molecule has 0 radical (unpaired) electrons. The second-order valence-electron chi connectivity index (χ2n) is 6.85. The Hall–Kier alpha value is -2.83. The second-order valence-corrected chi connectivity index (χ2v) is 10.00. The minimum absolute atomic E-state index is 0.188. The molecule has 2 amide bonds. The standard InChI is InChI=1S/C19H20FN3O6S2/c1-23(31(27,28)12-7-5-11(20)6-8-12)9-16(25)29-10-15(24)22-19-17(18(21)26)13-3-2-4-14(13)30-19/h5-8H,2-4,9-10H2,1H3,(H2,21,26)(H,22,24). The van der Waals surface area contributed by atoms with E-state index in [1.54, 1.807) is 0 Å². The Morgan fingerprint density at radius 3 is 2.55 bits per heavy atom. The average Bonchev–Trinajstić information content (AvgIpc) is 3.27. The van der Waals surface area contributed by atoms with Crippen LogP contribution in [0.5, 0.6) is 0 Å². The van der Waals surface area contributed by atoms with Crippen molar-refractivity contribution in [1.29, 1.82) is 0 Å². The number of hydrogen-bond acceptors (Lipinski definition) is 7. The smallest absolute Gasteiger partial charge is 0.321 e. The number of carbonyl (C=O) groups excluding carboxylic acids is 3. The van der Waals surface area contributed by atoms with Gasteiger partial charge in [0.25, 0.3) is 11.8 Å². The largest absolute Gasteiger partial charge is 0.455 e. The van der Waals surface area contributed by atoms with Crippen LogP contribution in [0.1, 0.15) is 27.2 Å². The molecule has 0 fully saturated rings. The molecule has 9 nitrogen and oxygen atoms in total. The van der Waals surface area contributed by atoms with Crippen LogP contribution < -0.4 is 11.1 Å². The van der Waals surface area contributed by atoms with E-state index in [0.29, 0.717) is 11.4 Å². The van der Waals surface area contributed by atoms with Gasteiger partial charge in [0, 0.05) is 11.9 Å². The van der Waals surface area contributed by atoms with Crippen molar-refractivity contribution in [3.8, 4) is 0 Å². The number of nitrogens with one attached hydrogen (secondary N) is 1. The number of aryl methyl sites for hydroxylation is 1. The van der Waals surface area contributed by atoms with Gasteiger partial charge in [-0.1, -0.05) is 0 Å². The van der Waals surface area contributed by atoms with E-state index in [1.807, 2.05) is 0 Å². The molecule has 1 aromatic heterocycles. The molecule has 2 aromatic rings. The third kappa shape index (κ3) is 5.09. The quantitative estimate of drug-likeness (QED) is 0.559. The van der Waals surface area contributed by atoms with E-state index < -0.39 is 46.8 Å². The maximum Gasteiger partial charge on any atom is 0.321 e. The van der Waals surface area contributed by atoms with Crippen LogP contribution in [-0.2, 0) is 37.2 Å². The molecule has 1 aliphatic rings. The third-order valence-electron chi connectivity index (χ3n) is 4.66. The maximum atomic E-state index is 13.0. The van der Waals surface area contributed by atoms with Crippen LogP contribution in [0.3, 0.4) is 0 Å². The summed E-state index contributed by atoms with van der Waals surface area (Å²) in [5.74, 6) is -2.87. The van der Waals surface area contributed by atoms with Gasteiger partial charge in [-0.2, -0.15) is 4.31 Å². The van der Waals surface area contributed by atoms with Gasteiger partial charge >= 0.3 is 5.97 Å². The normalized spacial score (nSPS) is 13.1. The number of fused-ring (bicyclic) bond motifs is 1. The fraction of sp³-hybridized carbons (Fsp3) is 0.316. The molecule has 0 spiro atoms. The Balaban J connectivity index is 1.56. The summed E-state index contributed by atoms with van der Waals surface area (Å²) >= 11 is 1.26. The number of likely N-dealkylation sites (N-methyl/N-ethyl adjacent to an activating group) is 1. The number of halogens is 1. The van der Waals surface area contributed by atoms with Gasteiger partial charge in [0.1, 0.15) is 17.4 Å². The van der Waals surface area contributed by atoms with Crippen molar-refractivity contribution in [2.75, 3.05) is 25.5 Å². The highest BCUT2D eigenvalue weighted by atomic mass is 32.2. The van der Waals surface area contributed by atoms with Gasteiger partial charge < -0.3 is 15.8 Å². The summed E-state index contributed by atoms with van der Waals surface area (Å²) in [7, 11) is -2.88. The summed E-state index contributed by atoms with van der Waals surface area (Å²) in [6, 6.07) is 4.14. The van der Waals surface area contributed by atoms with Gasteiger partial charge in [0.05, 0.1) is 10.5 Å². The van der Waals surface area contributed by atoms with E-state index in [0.717, 1.165) is 58.9 Å². The molecule has 0 aliphatic heterocycles. The minimum Gasteiger partial charge on any atom is -0.455 e. The van der Waals surface area contributed by atoms with Crippen LogP contribution in [0.2, 0.25) is 0 Å². The number of nitrogens with zero attached hydrogens (tertiary/aromatic N) is 1. The van der Waals surface area contributed by atoms with E-state index in [2.05, 4.69) is 5.32 Å². The van der Waals surface area contributed by atoms with Crippen molar-refractivity contribution >= 4 is 44.1 Å². The first-order valence-corrected chi connectivity index (χ1v) is 11.5. The van der Waals surface area contributed by atoms with E-state index in [1.165, 1.54) is 11.3 Å². The van der Waals surface area contributed by atoms with Crippen molar-refractivity contribution in [3.05, 3.63) is 46.1 Å². The number of carbonyl (C=O) groups is 3. The molecular weight excluding hydrogens is 449 g/mol. The molecule has 12 heteroatoms. The lowest BCUT2D eigenvalue weighted by atomic mass is 10.1. The van der Waals surface area contributed by atoms with Gasteiger partial charge in [0.15, 0.2) is 6.61 Å². The third-order valence-corrected chi connectivity index (χ3v) is 7.68. The number of sulfonamides is 1. The first-order chi connectivity index (χ1) is 14.6. The van der Waals surface area contributed by atoms with E-state index in [-0.39, 0.29) is 10.5 Å². The van der Waals surface area contributed by atoms with Crippen LogP contribution in [0, 0.1) is 5.82 Å². The SMILES string of the molecule is CN(CC(=O)OCC(=O)Nc1sc2c(c1C(N)=O)CCC2)S(=O)(=O)c1ccc(F)cc1. The molecule has 0 unspecified atom stereocenters. The number of benzene rings is 1. The van der Waals surface area contributed by atoms with Crippen LogP contribution in [0.15, 0.2) is 29.2 Å². The first kappa shape index (κ1) is 22.8. The number of anilines is 1. The summed E-state index contributed by atoms with van der Waals surface area (Å²) in [5.41, 5.74) is 6.55. The topological polar surface area (TPSA) is 136 Å². The Morgan fingerprint density at radius 2 is 1.90 bits per heavy atom. The van der Waals surface area contributed by atoms with E-state index >= 15 is 0 Å². The monoisotopic (exact) mass is 469 g/mol. The number of thiophene rings is 1. The molecule has 1 aromatic carbocycles. The Labute approximate surface area is 182 Å². The molecule has 0 saturated heterocycles. The zero-order valence-electron chi connectivity index (χ0n) is 16.5. The molecule has 0 bridgehead atoms. The van der Waals surface area contributed by atoms with Crippen molar-refractivity contribution in [2.45, 2.75) is 24.2 Å². The average molecular weight is 470 g/mol. The first-order valence-electron chi connectivity index (χ1n) is 9.21. The number of primary amides is 1. The lowest BCUT2D eigenvalue weighted by Crippen LogP contribution is -2.34. The van der Waals surface area contributed by atoms with Crippen molar-refractivity contribution in [2.24, 2.45) is 5.73 Å². The Morgan fingerprint density at radius 1 is 1.23 bits per heavy atom. The summed E-state index contributed by atoms with van der Waals surface area (Å²) in [5, 5.41) is 2.84. The number of ether oxygens (including phenoxy) is 1. The molecule has 1 heterocycles. The van der Waals surface area contributed by atoms with Crippen LogP contribution in [-0.4, -0.2) is 50.7 Å². The van der Waals surface area contributed by atoms with Crippen molar-refractivity contribution in [1.82, 2.24) is 4.31 Å². The lowest BCUT2D eigenvalue weighted by molar-refractivity contribution is -0.147. The lowest BCUT2D eigenvalue weighted by Gasteiger charge is -2.16. The molecule has 3 rings (SSSR count). The minimum atomic E-state index is -4.04. The highest BCUT2D eigenvalue weighted by molar-refractivity contribution is 7.89. The van der Waals surface area contributed by atoms with Gasteiger partial charge in [-0.3, -0.25) is 14.4 Å². The fourth-order valence-electron chi connectivity index (χ4n) is 3.16. The van der Waals surface area contributed by atoms with Gasteiger partial charge in [-0.25, -0.2) is 12.8 Å². The van der Waals surface area contributed by atoms with Gasteiger partial charge in [0.2, 0.25) is 10.0 Å². The van der Waals surface area contributed by atoms with Gasteiger partial charge in [-0.05, 0) is 49.1 Å². The van der Waals surface area contributed by atoms with Crippen LogP contribution in [0.25, 0.3) is 0 Å². The summed E-state index contributed by atoms with van der Waals surface area (Å²) in [4.78, 5) is 36.7. The highest BCUT2D eigenvalue weighted by Crippen LogP contribution is 2.38. The molecule has 31 heavy (non-hydrogen) atoms. The van der Waals surface area contributed by atoms with Crippen molar-refractivity contribution in [3.63, 3.8) is 0 Å². The fourth-order valence-corrected chi connectivity index (χ4v) is 5.59. The summed E-state index contributed by atoms with van der Waals surface area (Å²) in [6.07, 6.45) is 2.44. The Kier molecular flexibility index (Phi) is 6.72. The molecule has 166 valence electrons. The van der Waals surface area contributed by atoms with Gasteiger partial charge in [-0.15, -0.1) is 11.3 Å². The van der Waals surface area contributed by atoms with E-state index in [4.69, 9.17) is 10.5 Å². The number of rotatable bonds is 8. The number of nitrogens with two attached hydrogens (primary N) is 1. The summed E-state index contributed by atoms with van der Waals surface area (Å²) < 4.78 is 43.4. The number of esters is 1. The number of amides is 2. The maximum absolute atomic E-state index is 13.0. The zero-order chi connectivity index (χ0) is 22.8. The molecular formula is C19H20FN3O6S2. The second kappa shape index (κ2) is 9.12. The molecule has 3 N–H and O–H groups in total. The predicted octanol–water partition coefficient (Wildman–Crippen LogP) is 1.28. The van der Waals surface area contributed by atoms with Crippen LogP contribution in [0.4, 0.5) is 9.39 Å². The number of hydrogen-bond donors (Lipinski definition) is 2. The highest BCUT2D eigenvalue weighted by Gasteiger charge is 2.27. The van der Waals surface area contributed by atoms with Crippen molar-refractivity contribution < 1.29 is 31.9 Å². The molecule has 0 saturated carbocycles. The zero-order valence-corrected chi connectivity index (χ0v) is 18.1. The summed E-state index contributed by atoms with van der Waals surface area (Å²) in [6.45, 7) is -1.31. The van der Waals surface area contributed by atoms with Crippen LogP contribution >= 0.6 is 11.3 Å². The molecule has 0 atom stereocenters. The molecule has 1 aliphatic carbocycles. The van der Waals surface area contributed by atoms with E-state index in [9.17, 15) is 27.2 Å². The Bertz CT molecular complexity index is 1130. The predicted molar refractivity (Wildman–Crippen MR) is 111 cm³/mol.